The van der Waals surface area contributed by atoms with Gasteiger partial charge in [-0.1, -0.05) is 32.0 Å². The number of nitrogens with zero attached hydrogens (tertiary/aromatic N) is 1. The Morgan fingerprint density at radius 3 is 2.31 bits per heavy atom. The highest BCUT2D eigenvalue weighted by atomic mass is 16.6. The van der Waals surface area contributed by atoms with E-state index in [1.807, 2.05) is 30.1 Å². The number of ether oxygens (including phenoxy) is 3. The molecule has 0 saturated carbocycles. The van der Waals surface area contributed by atoms with E-state index in [0.29, 0.717) is 11.5 Å². The van der Waals surface area contributed by atoms with Crippen LogP contribution in [-0.4, -0.2) is 39.1 Å². The molecule has 2 aromatic carbocycles. The molecule has 0 aromatic heterocycles. The number of esters is 1. The molecule has 2 aromatic rings. The van der Waals surface area contributed by atoms with Crippen molar-refractivity contribution in [3.05, 3.63) is 65.9 Å². The summed E-state index contributed by atoms with van der Waals surface area (Å²) in [6.45, 7) is 3.55. The van der Waals surface area contributed by atoms with Crippen LogP contribution in [0.15, 0.2) is 60.3 Å². The Kier molecular flexibility index (Phi) is 5.92. The molecule has 0 saturated heterocycles. The molecule has 0 amide bonds. The monoisotopic (exact) mass is 395 g/mol. The zero-order chi connectivity index (χ0) is 21.0. The molecule has 29 heavy (non-hydrogen) atoms. The van der Waals surface area contributed by atoms with Crippen LogP contribution < -0.4 is 14.4 Å². The molecule has 0 radical (unpaired) electrons. The first kappa shape index (κ1) is 20.5. The fourth-order valence-corrected chi connectivity index (χ4v) is 3.46. The molecule has 0 aliphatic carbocycles. The summed E-state index contributed by atoms with van der Waals surface area (Å²) >= 11 is 0. The Morgan fingerprint density at radius 2 is 1.66 bits per heavy atom. The van der Waals surface area contributed by atoms with Crippen molar-refractivity contribution in [3.8, 4) is 11.5 Å². The minimum atomic E-state index is -0.602. The summed E-state index contributed by atoms with van der Waals surface area (Å²) < 4.78 is 15.5. The Hall–Kier alpha value is -3.28. The van der Waals surface area contributed by atoms with Crippen molar-refractivity contribution < 1.29 is 23.8 Å². The van der Waals surface area contributed by atoms with Gasteiger partial charge in [-0.2, -0.15) is 0 Å². The number of hydrogen-bond donors (Lipinski definition) is 0. The lowest BCUT2D eigenvalue weighted by atomic mass is 9.83. The molecular weight excluding hydrogens is 370 g/mol. The molecule has 0 fully saturated rings. The molecule has 0 N–H and O–H groups in total. The van der Waals surface area contributed by atoms with Gasteiger partial charge in [0.2, 0.25) is 0 Å². The van der Waals surface area contributed by atoms with Gasteiger partial charge in [0.05, 0.1) is 7.11 Å². The van der Waals surface area contributed by atoms with Crippen LogP contribution in [0.1, 0.15) is 19.4 Å². The molecule has 0 unspecified atom stereocenters. The minimum absolute atomic E-state index is 0.271. The first-order valence-electron chi connectivity index (χ1n) is 9.33. The van der Waals surface area contributed by atoms with Crippen LogP contribution in [0.4, 0.5) is 5.69 Å². The molecule has 6 nitrogen and oxygen atoms in total. The van der Waals surface area contributed by atoms with E-state index in [-0.39, 0.29) is 24.4 Å². The van der Waals surface area contributed by atoms with Crippen LogP contribution in [0.5, 0.6) is 11.5 Å². The van der Waals surface area contributed by atoms with E-state index in [0.717, 1.165) is 16.9 Å². The molecule has 3 rings (SSSR count). The highest BCUT2D eigenvalue weighted by molar-refractivity contribution is 5.94. The number of ketones is 1. The van der Waals surface area contributed by atoms with E-state index in [1.54, 1.807) is 37.5 Å². The number of methoxy groups -OCH3 is 1. The van der Waals surface area contributed by atoms with Crippen molar-refractivity contribution in [1.82, 2.24) is 0 Å². The smallest absolute Gasteiger partial charge is 0.344 e. The second kappa shape index (κ2) is 8.39. The highest BCUT2D eigenvalue weighted by Crippen LogP contribution is 2.46. The average Bonchev–Trinajstić information content (AvgIpc) is 2.92. The third kappa shape index (κ3) is 4.42. The molecule has 0 spiro atoms. The molecule has 1 aliphatic heterocycles. The van der Waals surface area contributed by atoms with E-state index in [9.17, 15) is 9.59 Å². The quantitative estimate of drug-likeness (QED) is 0.528. The third-order valence-corrected chi connectivity index (χ3v) is 5.03. The van der Waals surface area contributed by atoms with E-state index < -0.39 is 5.97 Å². The lowest BCUT2D eigenvalue weighted by Gasteiger charge is -2.23. The molecular formula is C23H25NO5. The Bertz CT molecular complexity index is 931. The van der Waals surface area contributed by atoms with Crippen molar-refractivity contribution in [3.63, 3.8) is 0 Å². The van der Waals surface area contributed by atoms with E-state index in [1.165, 1.54) is 0 Å². The number of likely N-dealkylation sites (N-methyl/N-ethyl adjacent to an activating group) is 1. The summed E-state index contributed by atoms with van der Waals surface area (Å²) in [5.74, 6) is 0.337. The van der Waals surface area contributed by atoms with E-state index in [2.05, 4.69) is 19.9 Å². The number of fused-ring (bicyclic) bond motifs is 1. The maximum Gasteiger partial charge on any atom is 0.344 e. The molecule has 152 valence electrons. The highest BCUT2D eigenvalue weighted by Gasteiger charge is 2.38. The normalized spacial score (nSPS) is 15.7. The Morgan fingerprint density at radius 1 is 1.00 bits per heavy atom. The summed E-state index contributed by atoms with van der Waals surface area (Å²) in [5.41, 5.74) is 2.80. The maximum atomic E-state index is 12.4. The summed E-state index contributed by atoms with van der Waals surface area (Å²) in [5, 5.41) is 0. The van der Waals surface area contributed by atoms with Crippen molar-refractivity contribution in [2.75, 3.05) is 32.3 Å². The first-order chi connectivity index (χ1) is 13.8. The molecule has 0 atom stereocenters. The standard InChI is InChI=1S/C23H25NO5/c1-23(2)19-7-5-6-8-20(19)24(3)21(23)13-16(25)14-29-22(26)15-28-18-11-9-17(27-4)10-12-18/h5-13H,14-15H2,1-4H3/b21-13+. The number of hydrogen-bond acceptors (Lipinski definition) is 6. The predicted molar refractivity (Wildman–Crippen MR) is 110 cm³/mol. The second-order valence-corrected chi connectivity index (χ2v) is 7.32. The summed E-state index contributed by atoms with van der Waals surface area (Å²) in [4.78, 5) is 26.3. The van der Waals surface area contributed by atoms with Gasteiger partial charge in [0.25, 0.3) is 0 Å². The summed E-state index contributed by atoms with van der Waals surface area (Å²) in [6, 6.07) is 14.9. The van der Waals surface area contributed by atoms with Gasteiger partial charge in [-0.05, 0) is 35.9 Å². The second-order valence-electron chi connectivity index (χ2n) is 7.32. The van der Waals surface area contributed by atoms with Crippen LogP contribution >= 0.6 is 0 Å². The fourth-order valence-electron chi connectivity index (χ4n) is 3.46. The average molecular weight is 395 g/mol. The summed E-state index contributed by atoms with van der Waals surface area (Å²) in [7, 11) is 3.50. The van der Waals surface area contributed by atoms with Gasteiger partial charge in [-0.15, -0.1) is 0 Å². The Balaban J connectivity index is 1.54. The zero-order valence-corrected chi connectivity index (χ0v) is 17.1. The van der Waals surface area contributed by atoms with Gasteiger partial charge in [0.1, 0.15) is 11.5 Å². The predicted octanol–water partition coefficient (Wildman–Crippen LogP) is 3.50. The molecule has 1 heterocycles. The number of carbonyl (C=O) groups is 2. The number of benzene rings is 2. The zero-order valence-electron chi connectivity index (χ0n) is 17.1. The van der Waals surface area contributed by atoms with Crippen LogP contribution in [0.3, 0.4) is 0 Å². The molecule has 0 bridgehead atoms. The number of anilines is 1. The summed E-state index contributed by atoms with van der Waals surface area (Å²) in [6.07, 6.45) is 1.55. The van der Waals surface area contributed by atoms with E-state index in [4.69, 9.17) is 14.2 Å². The minimum Gasteiger partial charge on any atom is -0.497 e. The SMILES string of the molecule is COc1ccc(OCC(=O)OCC(=O)/C=C2/N(C)c3ccccc3C2(C)C)cc1. The lowest BCUT2D eigenvalue weighted by Crippen LogP contribution is -2.25. The maximum absolute atomic E-state index is 12.4. The third-order valence-electron chi connectivity index (χ3n) is 5.03. The molecule has 6 heteroatoms. The van der Waals surface area contributed by atoms with Crippen LogP contribution in [0, 0.1) is 0 Å². The van der Waals surface area contributed by atoms with Gasteiger partial charge in [-0.3, -0.25) is 4.79 Å². The van der Waals surface area contributed by atoms with Crippen molar-refractivity contribution in [1.29, 1.82) is 0 Å². The van der Waals surface area contributed by atoms with Crippen LogP contribution in [-0.2, 0) is 19.7 Å². The number of allylic oxidation sites excluding steroid dienone is 1. The lowest BCUT2D eigenvalue weighted by molar-refractivity contribution is -0.148. The van der Waals surface area contributed by atoms with Gasteiger partial charge in [0.15, 0.2) is 19.0 Å². The molecule has 1 aliphatic rings. The van der Waals surface area contributed by atoms with Crippen LogP contribution in [0.25, 0.3) is 0 Å². The first-order valence-corrected chi connectivity index (χ1v) is 9.33. The van der Waals surface area contributed by atoms with Crippen molar-refractivity contribution >= 4 is 17.4 Å². The van der Waals surface area contributed by atoms with Gasteiger partial charge >= 0.3 is 5.97 Å². The van der Waals surface area contributed by atoms with Gasteiger partial charge < -0.3 is 19.1 Å². The number of rotatable bonds is 7. The number of carbonyl (C=O) groups excluding carboxylic acids is 2. The largest absolute Gasteiger partial charge is 0.497 e. The topological polar surface area (TPSA) is 65.1 Å². The van der Waals surface area contributed by atoms with Gasteiger partial charge in [-0.25, -0.2) is 4.79 Å². The number of para-hydroxylation sites is 1. The van der Waals surface area contributed by atoms with Crippen LogP contribution in [0.2, 0.25) is 0 Å². The van der Waals surface area contributed by atoms with Crippen molar-refractivity contribution in [2.24, 2.45) is 0 Å². The Labute approximate surface area is 170 Å². The fraction of sp³-hybridized carbons (Fsp3) is 0.304. The van der Waals surface area contributed by atoms with Crippen molar-refractivity contribution in [2.45, 2.75) is 19.3 Å². The van der Waals surface area contributed by atoms with E-state index >= 15 is 0 Å². The van der Waals surface area contributed by atoms with Gasteiger partial charge in [0, 0.05) is 29.9 Å².